The lowest BCUT2D eigenvalue weighted by Gasteiger charge is -2.05. The summed E-state index contributed by atoms with van der Waals surface area (Å²) >= 11 is 5.92. The Morgan fingerprint density at radius 3 is 2.53 bits per heavy atom. The molecule has 2 N–H and O–H groups in total. The predicted octanol–water partition coefficient (Wildman–Crippen LogP) is 2.32. The van der Waals surface area contributed by atoms with Gasteiger partial charge in [-0.15, -0.1) is 0 Å². The molecular weight excluding hydrogens is 241 g/mol. The molecule has 0 aliphatic heterocycles. The third kappa shape index (κ3) is 2.78. The molecule has 0 bridgehead atoms. The number of rotatable bonds is 3. The van der Waals surface area contributed by atoms with E-state index in [4.69, 9.17) is 17.3 Å². The predicted molar refractivity (Wildman–Crippen MR) is 64.1 cm³/mol. The summed E-state index contributed by atoms with van der Waals surface area (Å²) in [5.41, 5.74) is 6.69. The van der Waals surface area contributed by atoms with E-state index in [1.165, 1.54) is 6.07 Å². The Morgan fingerprint density at radius 1 is 1.24 bits per heavy atom. The Labute approximate surface area is 103 Å². The monoisotopic (exact) mass is 251 g/mol. The van der Waals surface area contributed by atoms with Gasteiger partial charge in [-0.05, 0) is 12.1 Å². The molecule has 17 heavy (non-hydrogen) atoms. The second-order valence-corrected chi connectivity index (χ2v) is 4.00. The van der Waals surface area contributed by atoms with Gasteiger partial charge >= 0.3 is 0 Å². The Morgan fingerprint density at radius 2 is 1.94 bits per heavy atom. The highest BCUT2D eigenvalue weighted by Gasteiger charge is 2.09. The maximum Gasteiger partial charge on any atom is 0.132 e. The molecule has 0 aliphatic rings. The maximum absolute atomic E-state index is 13.5. The molecule has 88 valence electrons. The molecular formula is C12H11ClFN3. The summed E-state index contributed by atoms with van der Waals surface area (Å²) in [4.78, 5) is 8.22. The highest BCUT2D eigenvalue weighted by atomic mass is 35.5. The molecule has 0 unspecified atom stereocenters. The topological polar surface area (TPSA) is 51.8 Å². The molecule has 1 heterocycles. The summed E-state index contributed by atoms with van der Waals surface area (Å²) in [6.45, 7) is 0.390. The van der Waals surface area contributed by atoms with Gasteiger partial charge in [0, 0.05) is 41.5 Å². The van der Waals surface area contributed by atoms with Gasteiger partial charge in [0.25, 0.3) is 0 Å². The second-order valence-electron chi connectivity index (χ2n) is 3.59. The van der Waals surface area contributed by atoms with Crippen molar-refractivity contribution in [1.29, 1.82) is 0 Å². The molecule has 0 amide bonds. The quantitative estimate of drug-likeness (QED) is 0.911. The van der Waals surface area contributed by atoms with Crippen LogP contribution in [0.3, 0.4) is 0 Å². The van der Waals surface area contributed by atoms with E-state index in [0.717, 1.165) is 5.56 Å². The molecule has 0 spiro atoms. The van der Waals surface area contributed by atoms with Crippen molar-refractivity contribution in [2.45, 2.75) is 13.0 Å². The van der Waals surface area contributed by atoms with Gasteiger partial charge < -0.3 is 5.73 Å². The number of hydrogen-bond acceptors (Lipinski definition) is 3. The second kappa shape index (κ2) is 5.21. The lowest BCUT2D eigenvalue weighted by Crippen LogP contribution is -2.03. The summed E-state index contributed by atoms with van der Waals surface area (Å²) in [6, 6.07) is 4.59. The molecule has 1 aromatic carbocycles. The van der Waals surface area contributed by atoms with Crippen LogP contribution < -0.4 is 5.73 Å². The molecule has 3 nitrogen and oxygen atoms in total. The zero-order valence-corrected chi connectivity index (χ0v) is 9.78. The number of aromatic nitrogens is 2. The van der Waals surface area contributed by atoms with Crippen molar-refractivity contribution in [3.8, 4) is 0 Å². The number of halogens is 2. The Kier molecular flexibility index (Phi) is 3.66. The average Bonchev–Trinajstić information content (AvgIpc) is 2.35. The maximum atomic E-state index is 13.5. The van der Waals surface area contributed by atoms with Crippen molar-refractivity contribution in [1.82, 2.24) is 9.97 Å². The van der Waals surface area contributed by atoms with Crippen molar-refractivity contribution in [2.24, 2.45) is 5.73 Å². The van der Waals surface area contributed by atoms with Crippen molar-refractivity contribution < 1.29 is 4.39 Å². The van der Waals surface area contributed by atoms with Crippen molar-refractivity contribution >= 4 is 11.6 Å². The first kappa shape index (κ1) is 12.0. The fraction of sp³-hybridized carbons (Fsp3) is 0.167. The average molecular weight is 252 g/mol. The third-order valence-electron chi connectivity index (χ3n) is 2.39. The van der Waals surface area contributed by atoms with Crippen molar-refractivity contribution in [3.63, 3.8) is 0 Å². The summed E-state index contributed by atoms with van der Waals surface area (Å²) in [6.07, 6.45) is 3.55. The lowest BCUT2D eigenvalue weighted by atomic mass is 10.1. The smallest absolute Gasteiger partial charge is 0.132 e. The zero-order valence-electron chi connectivity index (χ0n) is 9.03. The van der Waals surface area contributed by atoms with Gasteiger partial charge in [0.2, 0.25) is 0 Å². The van der Waals surface area contributed by atoms with Gasteiger partial charge in [0.1, 0.15) is 11.6 Å². The number of hydrogen-bond donors (Lipinski definition) is 1. The highest BCUT2D eigenvalue weighted by molar-refractivity contribution is 6.31. The molecule has 2 aromatic rings. The lowest BCUT2D eigenvalue weighted by molar-refractivity contribution is 0.612. The first-order chi connectivity index (χ1) is 8.20. The van der Waals surface area contributed by atoms with Crippen LogP contribution in [0.25, 0.3) is 0 Å². The van der Waals surface area contributed by atoms with Crippen LogP contribution in [0.5, 0.6) is 0 Å². The van der Waals surface area contributed by atoms with E-state index in [1.807, 2.05) is 0 Å². The molecule has 0 saturated carbocycles. The summed E-state index contributed by atoms with van der Waals surface area (Å²) in [5.74, 6) is 0.179. The normalized spacial score (nSPS) is 10.5. The molecule has 0 fully saturated rings. The van der Waals surface area contributed by atoms with Gasteiger partial charge in [-0.2, -0.15) is 0 Å². The third-order valence-corrected chi connectivity index (χ3v) is 2.75. The standard InChI is InChI=1S/C12H11ClFN3/c13-10-2-1-3-11(14)9(10)4-12-16-6-8(5-15)7-17-12/h1-3,6-7H,4-5,15H2. The Hall–Kier alpha value is -1.52. The van der Waals surface area contributed by atoms with Crippen LogP contribution in [-0.4, -0.2) is 9.97 Å². The summed E-state index contributed by atoms with van der Waals surface area (Å²) in [5, 5.41) is 0.386. The summed E-state index contributed by atoms with van der Waals surface area (Å²) in [7, 11) is 0. The van der Waals surface area contributed by atoms with Crippen molar-refractivity contribution in [2.75, 3.05) is 0 Å². The first-order valence-corrected chi connectivity index (χ1v) is 5.51. The SMILES string of the molecule is NCc1cnc(Cc2c(F)cccc2Cl)nc1. The van der Waals surface area contributed by atoms with Gasteiger partial charge in [0.15, 0.2) is 0 Å². The number of nitrogens with two attached hydrogens (primary N) is 1. The van der Waals surface area contributed by atoms with E-state index in [1.54, 1.807) is 24.5 Å². The summed E-state index contributed by atoms with van der Waals surface area (Å²) < 4.78 is 13.5. The minimum atomic E-state index is -0.344. The van der Waals surface area contributed by atoms with Crippen LogP contribution in [0.1, 0.15) is 17.0 Å². The van der Waals surface area contributed by atoms with Gasteiger partial charge in [-0.1, -0.05) is 17.7 Å². The molecule has 0 saturated heterocycles. The van der Waals surface area contributed by atoms with E-state index in [-0.39, 0.29) is 12.2 Å². The molecule has 0 radical (unpaired) electrons. The molecule has 5 heteroatoms. The van der Waals surface area contributed by atoms with Crippen LogP contribution >= 0.6 is 11.6 Å². The first-order valence-electron chi connectivity index (χ1n) is 5.13. The minimum Gasteiger partial charge on any atom is -0.326 e. The minimum absolute atomic E-state index is 0.274. The van der Waals surface area contributed by atoms with Gasteiger partial charge in [-0.3, -0.25) is 0 Å². The van der Waals surface area contributed by atoms with Crippen LogP contribution in [0.2, 0.25) is 5.02 Å². The van der Waals surface area contributed by atoms with E-state index in [0.29, 0.717) is 23.0 Å². The Bertz CT molecular complexity index is 493. The molecule has 2 rings (SSSR count). The van der Waals surface area contributed by atoms with Crippen LogP contribution in [-0.2, 0) is 13.0 Å². The van der Waals surface area contributed by atoms with E-state index >= 15 is 0 Å². The van der Waals surface area contributed by atoms with Crippen LogP contribution in [0.15, 0.2) is 30.6 Å². The van der Waals surface area contributed by atoms with Crippen molar-refractivity contribution in [3.05, 3.63) is 58.4 Å². The fourth-order valence-corrected chi connectivity index (χ4v) is 1.67. The molecule has 0 aliphatic carbocycles. The number of benzene rings is 1. The van der Waals surface area contributed by atoms with Crippen LogP contribution in [0, 0.1) is 5.82 Å². The molecule has 0 atom stereocenters. The Balaban J connectivity index is 2.25. The zero-order chi connectivity index (χ0) is 12.3. The van der Waals surface area contributed by atoms with Gasteiger partial charge in [0.05, 0.1) is 0 Å². The highest BCUT2D eigenvalue weighted by Crippen LogP contribution is 2.20. The van der Waals surface area contributed by atoms with Crippen LogP contribution in [0.4, 0.5) is 4.39 Å². The fourth-order valence-electron chi connectivity index (χ4n) is 1.44. The van der Waals surface area contributed by atoms with E-state index in [9.17, 15) is 4.39 Å². The van der Waals surface area contributed by atoms with E-state index in [2.05, 4.69) is 9.97 Å². The van der Waals surface area contributed by atoms with E-state index < -0.39 is 0 Å². The van der Waals surface area contributed by atoms with Gasteiger partial charge in [-0.25, -0.2) is 14.4 Å². The largest absolute Gasteiger partial charge is 0.326 e. The number of nitrogens with zero attached hydrogens (tertiary/aromatic N) is 2. The molecule has 1 aromatic heterocycles.